The molecule has 2 aromatic rings. The van der Waals surface area contributed by atoms with Gasteiger partial charge in [-0.3, -0.25) is 4.79 Å². The van der Waals surface area contributed by atoms with E-state index in [4.69, 9.17) is 5.26 Å². The van der Waals surface area contributed by atoms with E-state index >= 15 is 0 Å². The summed E-state index contributed by atoms with van der Waals surface area (Å²) < 4.78 is 26.8. The fourth-order valence-corrected chi connectivity index (χ4v) is 4.44. The van der Waals surface area contributed by atoms with Crippen LogP contribution >= 0.6 is 0 Å². The van der Waals surface area contributed by atoms with Gasteiger partial charge in [0.1, 0.15) is 0 Å². The molecule has 1 saturated heterocycles. The average molecular weight is 369 g/mol. The molecule has 1 fully saturated rings. The Kier molecular flexibility index (Phi) is 5.35. The number of hydrogen-bond donors (Lipinski definition) is 1. The van der Waals surface area contributed by atoms with Crippen LogP contribution < -0.4 is 5.32 Å². The van der Waals surface area contributed by atoms with Gasteiger partial charge in [-0.15, -0.1) is 0 Å². The maximum absolute atomic E-state index is 12.7. The van der Waals surface area contributed by atoms with Crippen molar-refractivity contribution < 1.29 is 13.2 Å². The van der Waals surface area contributed by atoms with Crippen molar-refractivity contribution in [2.45, 2.75) is 17.7 Å². The molecule has 134 valence electrons. The molecule has 0 aliphatic carbocycles. The molecular weight excluding hydrogens is 350 g/mol. The van der Waals surface area contributed by atoms with Gasteiger partial charge in [-0.05, 0) is 49.2 Å². The van der Waals surface area contributed by atoms with E-state index in [1.807, 2.05) is 36.4 Å². The van der Waals surface area contributed by atoms with Crippen molar-refractivity contribution in [2.24, 2.45) is 5.92 Å². The number of carbonyl (C=O) groups excluding carboxylic acids is 1. The zero-order valence-corrected chi connectivity index (χ0v) is 14.9. The second-order valence-corrected chi connectivity index (χ2v) is 8.11. The van der Waals surface area contributed by atoms with Crippen LogP contribution in [0.5, 0.6) is 0 Å². The van der Waals surface area contributed by atoms with Crippen LogP contribution in [0.15, 0.2) is 59.5 Å². The minimum absolute atomic E-state index is 0.0772. The highest BCUT2D eigenvalue weighted by Gasteiger charge is 2.32. The summed E-state index contributed by atoms with van der Waals surface area (Å²) in [5.74, 6) is -0.283. The van der Waals surface area contributed by atoms with E-state index in [0.717, 1.165) is 5.69 Å². The number of nitrogens with zero attached hydrogens (tertiary/aromatic N) is 2. The van der Waals surface area contributed by atoms with Gasteiger partial charge in [0, 0.05) is 24.7 Å². The summed E-state index contributed by atoms with van der Waals surface area (Å²) in [4.78, 5) is 12.5. The maximum Gasteiger partial charge on any atom is 0.243 e. The zero-order chi connectivity index (χ0) is 18.6. The number of anilines is 1. The van der Waals surface area contributed by atoms with E-state index in [1.165, 1.54) is 28.6 Å². The molecule has 3 rings (SSSR count). The van der Waals surface area contributed by atoms with E-state index in [9.17, 15) is 13.2 Å². The highest BCUT2D eigenvalue weighted by molar-refractivity contribution is 7.89. The van der Waals surface area contributed by atoms with Crippen molar-refractivity contribution in [2.75, 3.05) is 18.4 Å². The number of rotatable bonds is 4. The van der Waals surface area contributed by atoms with Crippen molar-refractivity contribution >= 4 is 21.6 Å². The Labute approximate surface area is 153 Å². The Hall–Kier alpha value is -2.69. The molecule has 2 aromatic carbocycles. The van der Waals surface area contributed by atoms with Crippen LogP contribution in [0.4, 0.5) is 5.69 Å². The molecule has 0 bridgehead atoms. The first-order valence-corrected chi connectivity index (χ1v) is 9.81. The van der Waals surface area contributed by atoms with E-state index in [-0.39, 0.29) is 16.7 Å². The Morgan fingerprint density at radius 3 is 2.23 bits per heavy atom. The first kappa shape index (κ1) is 18.1. The lowest BCUT2D eigenvalue weighted by Gasteiger charge is -2.30. The van der Waals surface area contributed by atoms with Crippen molar-refractivity contribution in [1.82, 2.24) is 4.31 Å². The van der Waals surface area contributed by atoms with Crippen molar-refractivity contribution in [1.29, 1.82) is 5.26 Å². The Balaban J connectivity index is 1.62. The Bertz CT molecular complexity index is 911. The second-order valence-electron chi connectivity index (χ2n) is 6.17. The zero-order valence-electron chi connectivity index (χ0n) is 14.1. The van der Waals surface area contributed by atoms with Gasteiger partial charge in [-0.1, -0.05) is 18.2 Å². The van der Waals surface area contributed by atoms with Gasteiger partial charge in [-0.25, -0.2) is 8.42 Å². The van der Waals surface area contributed by atoms with Crippen LogP contribution in [0, 0.1) is 17.2 Å². The minimum Gasteiger partial charge on any atom is -0.326 e. The molecule has 7 heteroatoms. The molecule has 0 atom stereocenters. The van der Waals surface area contributed by atoms with Crippen LogP contribution in [0.2, 0.25) is 0 Å². The number of hydrogen-bond acceptors (Lipinski definition) is 4. The molecule has 1 amide bonds. The number of amides is 1. The molecule has 0 aromatic heterocycles. The smallest absolute Gasteiger partial charge is 0.243 e. The number of para-hydroxylation sites is 1. The number of carbonyl (C=O) groups is 1. The molecule has 0 spiro atoms. The Morgan fingerprint density at radius 1 is 1.04 bits per heavy atom. The monoisotopic (exact) mass is 369 g/mol. The minimum atomic E-state index is -3.60. The van der Waals surface area contributed by atoms with Gasteiger partial charge in [0.05, 0.1) is 16.5 Å². The highest BCUT2D eigenvalue weighted by Crippen LogP contribution is 2.25. The lowest BCUT2D eigenvalue weighted by molar-refractivity contribution is -0.120. The summed E-state index contributed by atoms with van der Waals surface area (Å²) in [5, 5.41) is 11.7. The summed E-state index contributed by atoms with van der Waals surface area (Å²) in [6.07, 6.45) is 0.961. The van der Waals surface area contributed by atoms with Crippen molar-refractivity contribution in [3.8, 4) is 6.07 Å². The van der Waals surface area contributed by atoms with E-state index < -0.39 is 10.0 Å². The second kappa shape index (κ2) is 7.68. The van der Waals surface area contributed by atoms with Crippen LogP contribution in [-0.4, -0.2) is 31.7 Å². The summed E-state index contributed by atoms with van der Waals surface area (Å²) in [6.45, 7) is 0.602. The SMILES string of the molecule is N#Cc1ccc(S(=O)(=O)N2CCC(C(=O)Nc3ccccc3)CC2)cc1. The number of benzene rings is 2. The van der Waals surface area contributed by atoms with Gasteiger partial charge in [0.15, 0.2) is 0 Å². The highest BCUT2D eigenvalue weighted by atomic mass is 32.2. The standard InChI is InChI=1S/C19H19N3O3S/c20-14-15-6-8-18(9-7-15)26(24,25)22-12-10-16(11-13-22)19(23)21-17-4-2-1-3-5-17/h1-9,16H,10-13H2,(H,21,23). The lowest BCUT2D eigenvalue weighted by Crippen LogP contribution is -2.41. The number of nitrogens with one attached hydrogen (secondary N) is 1. The van der Waals surface area contributed by atoms with E-state index in [2.05, 4.69) is 5.32 Å². The molecule has 0 saturated carbocycles. The van der Waals surface area contributed by atoms with Crippen LogP contribution in [0.1, 0.15) is 18.4 Å². The quantitative estimate of drug-likeness (QED) is 0.897. The molecular formula is C19H19N3O3S. The topological polar surface area (TPSA) is 90.3 Å². The predicted molar refractivity (Wildman–Crippen MR) is 97.7 cm³/mol. The van der Waals surface area contributed by atoms with E-state index in [1.54, 1.807) is 0 Å². The van der Waals surface area contributed by atoms with Gasteiger partial charge < -0.3 is 5.32 Å². The number of piperidine rings is 1. The maximum atomic E-state index is 12.7. The van der Waals surface area contributed by atoms with Crippen LogP contribution in [0.3, 0.4) is 0 Å². The van der Waals surface area contributed by atoms with Gasteiger partial charge in [0.25, 0.3) is 0 Å². The van der Waals surface area contributed by atoms with Gasteiger partial charge in [0.2, 0.25) is 15.9 Å². The fraction of sp³-hybridized carbons (Fsp3) is 0.263. The molecule has 0 unspecified atom stereocenters. The molecule has 6 nitrogen and oxygen atoms in total. The largest absolute Gasteiger partial charge is 0.326 e. The summed E-state index contributed by atoms with van der Waals surface area (Å²) in [7, 11) is -3.60. The third kappa shape index (κ3) is 3.93. The molecule has 1 heterocycles. The number of sulfonamides is 1. The molecule has 1 aliphatic heterocycles. The summed E-state index contributed by atoms with van der Waals surface area (Å²) in [5.41, 5.74) is 1.16. The third-order valence-electron chi connectivity index (χ3n) is 4.49. The normalized spacial score (nSPS) is 16.0. The van der Waals surface area contributed by atoms with Gasteiger partial charge in [-0.2, -0.15) is 9.57 Å². The third-order valence-corrected chi connectivity index (χ3v) is 6.40. The van der Waals surface area contributed by atoms with Gasteiger partial charge >= 0.3 is 0 Å². The Morgan fingerprint density at radius 2 is 1.65 bits per heavy atom. The lowest BCUT2D eigenvalue weighted by atomic mass is 9.97. The van der Waals surface area contributed by atoms with Crippen LogP contribution in [-0.2, 0) is 14.8 Å². The molecule has 1 aliphatic rings. The van der Waals surface area contributed by atoms with Crippen molar-refractivity contribution in [3.05, 3.63) is 60.2 Å². The molecule has 26 heavy (non-hydrogen) atoms. The summed E-state index contributed by atoms with van der Waals surface area (Å²) >= 11 is 0. The first-order chi connectivity index (χ1) is 12.5. The van der Waals surface area contributed by atoms with E-state index in [0.29, 0.717) is 31.5 Å². The fourth-order valence-electron chi connectivity index (χ4n) is 2.97. The molecule has 0 radical (unpaired) electrons. The summed E-state index contributed by atoms with van der Waals surface area (Å²) in [6, 6.07) is 17.1. The number of nitriles is 1. The molecule has 1 N–H and O–H groups in total. The predicted octanol–water partition coefficient (Wildman–Crippen LogP) is 2.60. The van der Waals surface area contributed by atoms with Crippen molar-refractivity contribution in [3.63, 3.8) is 0 Å². The van der Waals surface area contributed by atoms with Crippen LogP contribution in [0.25, 0.3) is 0 Å². The first-order valence-electron chi connectivity index (χ1n) is 8.37. The average Bonchev–Trinajstić information content (AvgIpc) is 2.69.